The summed E-state index contributed by atoms with van der Waals surface area (Å²) in [6.07, 6.45) is 3.18. The lowest BCUT2D eigenvalue weighted by molar-refractivity contribution is -0.383. The van der Waals surface area contributed by atoms with Gasteiger partial charge in [-0.2, -0.15) is 0 Å². The van der Waals surface area contributed by atoms with Crippen LogP contribution in [0, 0.1) is 16.0 Å². The van der Waals surface area contributed by atoms with Crippen LogP contribution in [0.3, 0.4) is 0 Å². The van der Waals surface area contributed by atoms with Crippen molar-refractivity contribution in [1.82, 2.24) is 10.2 Å². The molecule has 9 nitrogen and oxygen atoms in total. The van der Waals surface area contributed by atoms with Crippen molar-refractivity contribution in [3.05, 3.63) is 33.3 Å². The molecule has 2 fully saturated rings. The molecule has 1 saturated carbocycles. The van der Waals surface area contributed by atoms with Crippen molar-refractivity contribution in [3.8, 4) is 0 Å². The summed E-state index contributed by atoms with van der Waals surface area (Å²) in [7, 11) is 0. The third-order valence-corrected chi connectivity index (χ3v) is 5.47. The van der Waals surface area contributed by atoms with Gasteiger partial charge in [0.25, 0.3) is 11.6 Å². The van der Waals surface area contributed by atoms with Gasteiger partial charge in [-0.15, -0.1) is 0 Å². The Hall–Kier alpha value is -2.68. The summed E-state index contributed by atoms with van der Waals surface area (Å²) in [5.41, 5.74) is -1.38. The minimum atomic E-state index is -0.956. The van der Waals surface area contributed by atoms with Crippen molar-refractivity contribution in [2.24, 2.45) is 5.92 Å². The molecule has 1 aromatic carbocycles. The van der Waals surface area contributed by atoms with Gasteiger partial charge in [-0.05, 0) is 30.9 Å². The molecular weight excluding hydrogens is 376 g/mol. The van der Waals surface area contributed by atoms with Crippen molar-refractivity contribution in [2.75, 3.05) is 11.9 Å². The van der Waals surface area contributed by atoms with Gasteiger partial charge in [-0.25, -0.2) is 4.79 Å². The Morgan fingerprint density at radius 1 is 1.44 bits per heavy atom. The average molecular weight is 395 g/mol. The molecule has 0 aromatic heterocycles. The molecule has 1 heterocycles. The van der Waals surface area contributed by atoms with Crippen LogP contribution in [0.5, 0.6) is 0 Å². The monoisotopic (exact) mass is 394 g/mol. The van der Waals surface area contributed by atoms with E-state index in [0.717, 1.165) is 30.2 Å². The second-order valence-corrected chi connectivity index (χ2v) is 7.34. The second-order valence-electron chi connectivity index (χ2n) is 6.91. The van der Waals surface area contributed by atoms with E-state index in [-0.39, 0.29) is 22.3 Å². The predicted molar refractivity (Wildman–Crippen MR) is 97.3 cm³/mol. The van der Waals surface area contributed by atoms with E-state index >= 15 is 0 Å². The fraction of sp³-hybridized carbons (Fsp3) is 0.471. The molecule has 10 heteroatoms. The number of rotatable bonds is 4. The number of nitro groups is 1. The van der Waals surface area contributed by atoms with Gasteiger partial charge in [0.05, 0.1) is 4.92 Å². The number of anilines is 1. The maximum atomic E-state index is 12.8. The van der Waals surface area contributed by atoms with Crippen LogP contribution in [0.2, 0.25) is 5.02 Å². The minimum Gasteiger partial charge on any atom is -0.323 e. The van der Waals surface area contributed by atoms with E-state index < -0.39 is 34.9 Å². The summed E-state index contributed by atoms with van der Waals surface area (Å²) in [5.74, 6) is -1.14. The smallest absolute Gasteiger partial charge is 0.323 e. The van der Waals surface area contributed by atoms with E-state index in [2.05, 4.69) is 10.6 Å². The summed E-state index contributed by atoms with van der Waals surface area (Å²) in [5, 5.41) is 16.4. The van der Waals surface area contributed by atoms with E-state index in [1.807, 2.05) is 6.92 Å². The number of carbonyl (C=O) groups is 3. The van der Waals surface area contributed by atoms with Crippen LogP contribution >= 0.6 is 11.6 Å². The molecule has 1 aliphatic carbocycles. The van der Waals surface area contributed by atoms with Crippen LogP contribution in [0.4, 0.5) is 16.2 Å². The molecular formula is C17H19ClN4O5. The number of hydrogen-bond donors (Lipinski definition) is 2. The Kier molecular flexibility index (Phi) is 5.05. The Labute approximate surface area is 160 Å². The van der Waals surface area contributed by atoms with Gasteiger partial charge in [0.2, 0.25) is 5.91 Å². The molecule has 2 aliphatic rings. The van der Waals surface area contributed by atoms with Gasteiger partial charge in [-0.1, -0.05) is 31.4 Å². The van der Waals surface area contributed by atoms with Crippen LogP contribution in [-0.4, -0.2) is 39.8 Å². The van der Waals surface area contributed by atoms with Gasteiger partial charge in [0, 0.05) is 11.1 Å². The van der Waals surface area contributed by atoms with E-state index in [1.54, 1.807) is 0 Å². The third-order valence-electron chi connectivity index (χ3n) is 5.23. The van der Waals surface area contributed by atoms with Crippen LogP contribution in [0.1, 0.15) is 32.6 Å². The Morgan fingerprint density at radius 3 is 2.85 bits per heavy atom. The van der Waals surface area contributed by atoms with Crippen LogP contribution in [-0.2, 0) is 9.59 Å². The fourth-order valence-electron chi connectivity index (χ4n) is 3.73. The molecule has 1 aromatic rings. The summed E-state index contributed by atoms with van der Waals surface area (Å²) in [6, 6.07) is 3.20. The molecule has 27 heavy (non-hydrogen) atoms. The zero-order chi connectivity index (χ0) is 19.8. The molecule has 3 rings (SSSR count). The lowest BCUT2D eigenvalue weighted by atomic mass is 9.73. The largest absolute Gasteiger partial charge is 0.325 e. The first-order valence-electron chi connectivity index (χ1n) is 8.62. The van der Waals surface area contributed by atoms with E-state index in [9.17, 15) is 24.5 Å². The first-order valence-corrected chi connectivity index (χ1v) is 9.00. The SMILES string of the molecule is C[C@@H]1CCCC[C@]12NC(=O)N(CC(=O)Nc1ccc(Cl)cc1[N+](=O)[O-])C2=O. The lowest BCUT2D eigenvalue weighted by Crippen LogP contribution is -2.54. The summed E-state index contributed by atoms with van der Waals surface area (Å²) < 4.78 is 0. The Morgan fingerprint density at radius 2 is 2.19 bits per heavy atom. The third kappa shape index (κ3) is 3.46. The predicted octanol–water partition coefficient (Wildman–Crippen LogP) is 2.69. The Balaban J connectivity index is 1.74. The highest BCUT2D eigenvalue weighted by molar-refractivity contribution is 6.31. The van der Waals surface area contributed by atoms with Crippen molar-refractivity contribution >= 4 is 40.8 Å². The highest BCUT2D eigenvalue weighted by atomic mass is 35.5. The number of benzene rings is 1. The zero-order valence-corrected chi connectivity index (χ0v) is 15.4. The van der Waals surface area contributed by atoms with Crippen molar-refractivity contribution in [1.29, 1.82) is 0 Å². The molecule has 0 unspecified atom stereocenters. The highest BCUT2D eigenvalue weighted by Crippen LogP contribution is 2.38. The summed E-state index contributed by atoms with van der Waals surface area (Å²) >= 11 is 5.75. The normalized spacial score (nSPS) is 24.8. The van der Waals surface area contributed by atoms with E-state index in [0.29, 0.717) is 6.42 Å². The number of halogens is 1. The number of imide groups is 1. The number of nitrogens with zero attached hydrogens (tertiary/aromatic N) is 2. The van der Waals surface area contributed by atoms with Gasteiger partial charge < -0.3 is 10.6 Å². The summed E-state index contributed by atoms with van der Waals surface area (Å²) in [6.45, 7) is 1.40. The topological polar surface area (TPSA) is 122 Å². The van der Waals surface area contributed by atoms with Crippen LogP contribution in [0.25, 0.3) is 0 Å². The molecule has 1 spiro atoms. The van der Waals surface area contributed by atoms with Gasteiger partial charge in [0.15, 0.2) is 0 Å². The molecule has 144 valence electrons. The van der Waals surface area contributed by atoms with Gasteiger partial charge in [-0.3, -0.25) is 24.6 Å². The lowest BCUT2D eigenvalue weighted by Gasteiger charge is -2.36. The number of nitro benzene ring substituents is 1. The number of amides is 4. The van der Waals surface area contributed by atoms with E-state index in [1.165, 1.54) is 12.1 Å². The van der Waals surface area contributed by atoms with Crippen LogP contribution in [0.15, 0.2) is 18.2 Å². The molecule has 4 amide bonds. The fourth-order valence-corrected chi connectivity index (χ4v) is 3.90. The quantitative estimate of drug-likeness (QED) is 0.462. The number of urea groups is 1. The van der Waals surface area contributed by atoms with Crippen LogP contribution < -0.4 is 10.6 Å². The number of nitrogens with one attached hydrogen (secondary N) is 2. The number of carbonyl (C=O) groups excluding carboxylic acids is 3. The first kappa shape index (κ1) is 19.1. The number of hydrogen-bond acceptors (Lipinski definition) is 5. The molecule has 0 bridgehead atoms. The van der Waals surface area contributed by atoms with Gasteiger partial charge >= 0.3 is 6.03 Å². The molecule has 1 saturated heterocycles. The first-order chi connectivity index (χ1) is 12.7. The molecule has 2 N–H and O–H groups in total. The zero-order valence-electron chi connectivity index (χ0n) is 14.7. The molecule has 2 atom stereocenters. The molecule has 0 radical (unpaired) electrons. The standard InChI is InChI=1S/C17H19ClN4O5/c1-10-4-2-3-7-17(10)15(24)21(16(25)20-17)9-14(23)19-12-6-5-11(18)8-13(12)22(26)27/h5-6,8,10H,2-4,7,9H2,1H3,(H,19,23)(H,20,25)/t10-,17+/m1/s1. The van der Waals surface area contributed by atoms with Crippen molar-refractivity contribution in [2.45, 2.75) is 38.1 Å². The van der Waals surface area contributed by atoms with E-state index in [4.69, 9.17) is 11.6 Å². The van der Waals surface area contributed by atoms with Gasteiger partial charge in [0.1, 0.15) is 17.8 Å². The highest BCUT2D eigenvalue weighted by Gasteiger charge is 2.55. The maximum Gasteiger partial charge on any atom is 0.325 e. The Bertz CT molecular complexity index is 830. The van der Waals surface area contributed by atoms with Crippen molar-refractivity contribution < 1.29 is 19.3 Å². The molecule has 1 aliphatic heterocycles. The minimum absolute atomic E-state index is 0.0203. The summed E-state index contributed by atoms with van der Waals surface area (Å²) in [4.78, 5) is 48.8. The maximum absolute atomic E-state index is 12.8. The average Bonchev–Trinajstić information content (AvgIpc) is 2.84. The second kappa shape index (κ2) is 7.15. The van der Waals surface area contributed by atoms with Crippen molar-refractivity contribution in [3.63, 3.8) is 0 Å².